The van der Waals surface area contributed by atoms with Crippen LogP contribution >= 0.6 is 0 Å². The molecule has 1 aliphatic heterocycles. The molecule has 1 atom stereocenters. The molecule has 1 aliphatic rings. The van der Waals surface area contributed by atoms with Crippen molar-refractivity contribution in [2.75, 3.05) is 6.54 Å². The Bertz CT molecular complexity index is 511. The summed E-state index contributed by atoms with van der Waals surface area (Å²) in [5, 5.41) is 6.85. The molecule has 7 nitrogen and oxygen atoms in total. The molecule has 0 bridgehead atoms. The molecule has 1 aromatic rings. The maximum absolute atomic E-state index is 12.1. The van der Waals surface area contributed by atoms with Crippen LogP contribution in [-0.4, -0.2) is 44.1 Å². The summed E-state index contributed by atoms with van der Waals surface area (Å²) >= 11 is 0. The van der Waals surface area contributed by atoms with Gasteiger partial charge in [0.05, 0.1) is 13.1 Å². The molecule has 0 radical (unpaired) electrons. The predicted octanol–water partition coefficient (Wildman–Crippen LogP) is 0.561. The highest BCUT2D eigenvalue weighted by Gasteiger charge is 2.34. The first-order valence-corrected chi connectivity index (χ1v) is 7.46. The topological polar surface area (TPSA) is 80.1 Å². The summed E-state index contributed by atoms with van der Waals surface area (Å²) in [6.07, 6.45) is 3.01. The van der Waals surface area contributed by atoms with Gasteiger partial charge in [0.1, 0.15) is 18.2 Å². The molecule has 2 heterocycles. The van der Waals surface area contributed by atoms with Gasteiger partial charge in [0.2, 0.25) is 11.8 Å². The van der Waals surface area contributed by atoms with Crippen LogP contribution in [0.15, 0.2) is 6.33 Å². The number of nitrogens with one attached hydrogen (secondary N) is 1. The van der Waals surface area contributed by atoms with E-state index in [4.69, 9.17) is 0 Å². The predicted molar refractivity (Wildman–Crippen MR) is 77.1 cm³/mol. The molecule has 0 saturated carbocycles. The lowest BCUT2D eigenvalue weighted by Crippen LogP contribution is -2.58. The molecule has 0 aromatic carbocycles. The summed E-state index contributed by atoms with van der Waals surface area (Å²) in [5.74, 6) is 1.03. The van der Waals surface area contributed by atoms with Crippen molar-refractivity contribution < 1.29 is 9.59 Å². The number of hydrogen-bond acceptors (Lipinski definition) is 4. The van der Waals surface area contributed by atoms with E-state index in [1.807, 2.05) is 11.6 Å². The average molecular weight is 293 g/mol. The van der Waals surface area contributed by atoms with Crippen molar-refractivity contribution >= 4 is 11.8 Å². The first-order chi connectivity index (χ1) is 10.0. The molecule has 2 amide bonds. The van der Waals surface area contributed by atoms with Crippen molar-refractivity contribution in [1.29, 1.82) is 0 Å². The Kier molecular flexibility index (Phi) is 4.93. The van der Waals surface area contributed by atoms with E-state index in [2.05, 4.69) is 29.2 Å². The molecule has 21 heavy (non-hydrogen) atoms. The van der Waals surface area contributed by atoms with Crippen molar-refractivity contribution in [3.8, 4) is 0 Å². The fourth-order valence-corrected chi connectivity index (χ4v) is 2.52. The SMILES string of the molecule is CCCC1C(=O)NCC(=O)N1Cc1ncnn1CC(C)C. The van der Waals surface area contributed by atoms with Crippen molar-refractivity contribution in [3.05, 3.63) is 12.2 Å². The molecule has 0 spiro atoms. The lowest BCUT2D eigenvalue weighted by molar-refractivity contribution is -0.146. The highest BCUT2D eigenvalue weighted by Crippen LogP contribution is 2.15. The minimum atomic E-state index is -0.402. The summed E-state index contributed by atoms with van der Waals surface area (Å²) in [7, 11) is 0. The third-order valence-electron chi connectivity index (χ3n) is 3.52. The first kappa shape index (κ1) is 15.5. The van der Waals surface area contributed by atoms with Gasteiger partial charge in [-0.25, -0.2) is 9.67 Å². The Hall–Kier alpha value is -1.92. The number of piperazine rings is 1. The van der Waals surface area contributed by atoms with Crippen molar-refractivity contribution in [2.24, 2.45) is 5.92 Å². The Morgan fingerprint density at radius 1 is 1.43 bits per heavy atom. The van der Waals surface area contributed by atoms with Crippen LogP contribution in [0.4, 0.5) is 0 Å². The summed E-state index contributed by atoms with van der Waals surface area (Å²) in [6, 6.07) is -0.402. The molecule has 1 fully saturated rings. The minimum absolute atomic E-state index is 0.0628. The minimum Gasteiger partial charge on any atom is -0.345 e. The van der Waals surface area contributed by atoms with Crippen molar-refractivity contribution in [2.45, 2.75) is 52.7 Å². The van der Waals surface area contributed by atoms with Crippen LogP contribution in [0.25, 0.3) is 0 Å². The van der Waals surface area contributed by atoms with Crippen LogP contribution in [0, 0.1) is 5.92 Å². The molecular weight excluding hydrogens is 270 g/mol. The molecule has 1 unspecified atom stereocenters. The Morgan fingerprint density at radius 3 is 2.86 bits per heavy atom. The van der Waals surface area contributed by atoms with Gasteiger partial charge in [-0.1, -0.05) is 27.2 Å². The smallest absolute Gasteiger partial charge is 0.243 e. The number of carbonyl (C=O) groups is 2. The van der Waals surface area contributed by atoms with E-state index in [9.17, 15) is 9.59 Å². The zero-order valence-electron chi connectivity index (χ0n) is 12.9. The second kappa shape index (κ2) is 6.69. The Morgan fingerprint density at radius 2 is 2.19 bits per heavy atom. The first-order valence-electron chi connectivity index (χ1n) is 7.46. The quantitative estimate of drug-likeness (QED) is 0.831. The standard InChI is InChI=1S/C14H23N5O2/c1-4-5-11-14(21)15-6-13(20)18(11)8-12-16-9-17-19(12)7-10(2)3/h9-11H,4-8H2,1-3H3,(H,15,21). The fraction of sp³-hybridized carbons (Fsp3) is 0.714. The van der Waals surface area contributed by atoms with Crippen LogP contribution in [0.5, 0.6) is 0 Å². The number of rotatable bonds is 6. The number of aromatic nitrogens is 3. The van der Waals surface area contributed by atoms with Gasteiger partial charge >= 0.3 is 0 Å². The maximum Gasteiger partial charge on any atom is 0.243 e. The maximum atomic E-state index is 12.1. The van der Waals surface area contributed by atoms with Gasteiger partial charge < -0.3 is 10.2 Å². The normalized spacial score (nSPS) is 19.2. The number of hydrogen-bond donors (Lipinski definition) is 1. The second-order valence-corrected chi connectivity index (χ2v) is 5.80. The Labute approximate surface area is 124 Å². The van der Waals surface area contributed by atoms with Gasteiger partial charge in [-0.3, -0.25) is 9.59 Å². The average Bonchev–Trinajstić information content (AvgIpc) is 2.84. The summed E-state index contributed by atoms with van der Waals surface area (Å²) in [5.41, 5.74) is 0. The molecule has 0 aliphatic carbocycles. The van der Waals surface area contributed by atoms with Crippen molar-refractivity contribution in [1.82, 2.24) is 25.0 Å². The molecule has 1 saturated heterocycles. The molecule has 2 rings (SSSR count). The van der Waals surface area contributed by atoms with Crippen LogP contribution in [0.3, 0.4) is 0 Å². The van der Waals surface area contributed by atoms with Gasteiger partial charge in [-0.15, -0.1) is 0 Å². The highest BCUT2D eigenvalue weighted by molar-refractivity contribution is 5.94. The molecular formula is C14H23N5O2. The lowest BCUT2D eigenvalue weighted by Gasteiger charge is -2.34. The zero-order valence-corrected chi connectivity index (χ0v) is 12.9. The van der Waals surface area contributed by atoms with Gasteiger partial charge in [0.15, 0.2) is 0 Å². The number of nitrogens with zero attached hydrogens (tertiary/aromatic N) is 4. The van der Waals surface area contributed by atoms with E-state index in [1.165, 1.54) is 6.33 Å². The molecule has 7 heteroatoms. The molecule has 1 aromatic heterocycles. The van der Waals surface area contributed by atoms with Gasteiger partial charge in [0, 0.05) is 6.54 Å². The third kappa shape index (κ3) is 3.59. The van der Waals surface area contributed by atoms with Gasteiger partial charge in [-0.2, -0.15) is 5.10 Å². The van der Waals surface area contributed by atoms with Gasteiger partial charge in [0.25, 0.3) is 0 Å². The number of amides is 2. The zero-order chi connectivity index (χ0) is 15.4. The third-order valence-corrected chi connectivity index (χ3v) is 3.52. The van der Waals surface area contributed by atoms with E-state index in [0.29, 0.717) is 18.9 Å². The van der Waals surface area contributed by atoms with Crippen molar-refractivity contribution in [3.63, 3.8) is 0 Å². The monoisotopic (exact) mass is 293 g/mol. The van der Waals surface area contributed by atoms with Gasteiger partial charge in [-0.05, 0) is 12.3 Å². The van der Waals surface area contributed by atoms with E-state index in [1.54, 1.807) is 4.90 Å². The summed E-state index contributed by atoms with van der Waals surface area (Å²) < 4.78 is 1.81. The summed E-state index contributed by atoms with van der Waals surface area (Å²) in [4.78, 5) is 30.0. The van der Waals surface area contributed by atoms with E-state index < -0.39 is 6.04 Å². The molecule has 116 valence electrons. The highest BCUT2D eigenvalue weighted by atomic mass is 16.2. The Balaban J connectivity index is 2.16. The second-order valence-electron chi connectivity index (χ2n) is 5.80. The summed E-state index contributed by atoms with van der Waals surface area (Å²) in [6.45, 7) is 7.37. The largest absolute Gasteiger partial charge is 0.345 e. The fourth-order valence-electron chi connectivity index (χ4n) is 2.52. The van der Waals surface area contributed by atoms with Crippen LogP contribution in [0.2, 0.25) is 0 Å². The lowest BCUT2D eigenvalue weighted by atomic mass is 10.1. The van der Waals surface area contributed by atoms with E-state index >= 15 is 0 Å². The van der Waals surface area contributed by atoms with E-state index in [0.717, 1.165) is 18.8 Å². The van der Waals surface area contributed by atoms with E-state index in [-0.39, 0.29) is 18.4 Å². The number of carbonyl (C=O) groups excluding carboxylic acids is 2. The van der Waals surface area contributed by atoms with Crippen LogP contribution in [0.1, 0.15) is 39.4 Å². The van der Waals surface area contributed by atoms with Crippen LogP contribution < -0.4 is 5.32 Å². The van der Waals surface area contributed by atoms with Crippen LogP contribution in [-0.2, 0) is 22.7 Å². The molecule has 1 N–H and O–H groups in total.